The number of hydrogen-bond acceptors (Lipinski definition) is 6. The van der Waals surface area contributed by atoms with E-state index in [1.807, 2.05) is 13.1 Å². The fourth-order valence-corrected chi connectivity index (χ4v) is 4.62. The van der Waals surface area contributed by atoms with Crippen molar-refractivity contribution in [3.05, 3.63) is 47.7 Å². The number of pyridine rings is 1. The standard InChI is InChI=1S/C22H22F3N5O3/c1-3-7-32-19-17-28-15(21-10-20(2,11-21)33-12-21)9-30(17)8-13(26-19)18(31)29-16-6-4-5-14(27-16)22(23,24)25/h4-6,8-9H,3,7,10-12H2,1-2H3,(H,27,29,31). The summed E-state index contributed by atoms with van der Waals surface area (Å²) in [6.07, 6.45) is 1.17. The monoisotopic (exact) mass is 461 g/mol. The predicted octanol–water partition coefficient (Wildman–Crippen LogP) is 4.00. The number of alkyl halides is 3. The summed E-state index contributed by atoms with van der Waals surface area (Å²) in [6.45, 7) is 4.97. The van der Waals surface area contributed by atoms with Gasteiger partial charge >= 0.3 is 6.18 Å². The van der Waals surface area contributed by atoms with Crippen LogP contribution in [-0.2, 0) is 16.3 Å². The summed E-state index contributed by atoms with van der Waals surface area (Å²) in [5.41, 5.74) is -0.0816. The lowest BCUT2D eigenvalue weighted by molar-refractivity contribution is -0.141. The number of fused-ring (bicyclic) bond motifs is 2. The molecular formula is C22H22F3N5O3. The van der Waals surface area contributed by atoms with Crippen molar-refractivity contribution in [1.29, 1.82) is 0 Å². The zero-order valence-corrected chi connectivity index (χ0v) is 18.1. The van der Waals surface area contributed by atoms with E-state index in [2.05, 4.69) is 22.2 Å². The summed E-state index contributed by atoms with van der Waals surface area (Å²) in [6, 6.07) is 3.29. The van der Waals surface area contributed by atoms with E-state index in [1.165, 1.54) is 18.3 Å². The van der Waals surface area contributed by atoms with Crippen molar-refractivity contribution in [1.82, 2.24) is 19.4 Å². The van der Waals surface area contributed by atoms with Crippen molar-refractivity contribution in [3.63, 3.8) is 0 Å². The first kappa shape index (κ1) is 21.6. The summed E-state index contributed by atoms with van der Waals surface area (Å²) < 4.78 is 52.1. The van der Waals surface area contributed by atoms with Crippen molar-refractivity contribution in [3.8, 4) is 5.88 Å². The van der Waals surface area contributed by atoms with Gasteiger partial charge in [0.25, 0.3) is 11.8 Å². The van der Waals surface area contributed by atoms with E-state index < -0.39 is 17.8 Å². The first-order chi connectivity index (χ1) is 15.6. The average Bonchev–Trinajstić information content (AvgIpc) is 3.42. The molecule has 0 spiro atoms. The molecule has 6 rings (SSSR count). The molecule has 33 heavy (non-hydrogen) atoms. The van der Waals surface area contributed by atoms with Crippen molar-refractivity contribution in [2.45, 2.75) is 50.3 Å². The summed E-state index contributed by atoms with van der Waals surface area (Å²) >= 11 is 0. The van der Waals surface area contributed by atoms with Gasteiger partial charge in [0.05, 0.1) is 24.5 Å². The second-order valence-corrected chi connectivity index (χ2v) is 8.87. The Kier molecular flexibility index (Phi) is 4.85. The zero-order chi connectivity index (χ0) is 23.4. The molecule has 1 aliphatic carbocycles. The molecule has 3 aromatic heterocycles. The number of ether oxygens (including phenoxy) is 2. The topological polar surface area (TPSA) is 90.6 Å². The van der Waals surface area contributed by atoms with Gasteiger partial charge in [0.15, 0.2) is 0 Å². The van der Waals surface area contributed by atoms with Crippen LogP contribution in [0.25, 0.3) is 5.65 Å². The number of rotatable bonds is 6. The van der Waals surface area contributed by atoms with Crippen LogP contribution in [0.1, 0.15) is 55.0 Å². The van der Waals surface area contributed by atoms with Crippen LogP contribution in [0.3, 0.4) is 0 Å². The van der Waals surface area contributed by atoms with Crippen LogP contribution in [0.4, 0.5) is 19.0 Å². The third-order valence-electron chi connectivity index (χ3n) is 6.03. The molecule has 3 fully saturated rings. The van der Waals surface area contributed by atoms with E-state index >= 15 is 0 Å². The lowest BCUT2D eigenvalue weighted by Gasteiger charge is -2.41. The highest BCUT2D eigenvalue weighted by Crippen LogP contribution is 2.58. The van der Waals surface area contributed by atoms with Gasteiger partial charge in [-0.15, -0.1) is 0 Å². The molecule has 0 aromatic carbocycles. The largest absolute Gasteiger partial charge is 0.475 e. The maximum absolute atomic E-state index is 12.9. The number of aromatic nitrogens is 4. The van der Waals surface area contributed by atoms with Crippen molar-refractivity contribution in [2.75, 3.05) is 18.5 Å². The lowest BCUT2D eigenvalue weighted by atomic mass is 9.62. The van der Waals surface area contributed by atoms with E-state index in [0.29, 0.717) is 18.9 Å². The molecule has 1 N–H and O–H groups in total. The molecule has 0 radical (unpaired) electrons. The first-order valence-corrected chi connectivity index (χ1v) is 10.6. The average molecular weight is 461 g/mol. The van der Waals surface area contributed by atoms with Gasteiger partial charge in [0.2, 0.25) is 5.65 Å². The molecule has 1 saturated carbocycles. The van der Waals surface area contributed by atoms with Gasteiger partial charge in [-0.1, -0.05) is 13.0 Å². The Morgan fingerprint density at radius 3 is 2.70 bits per heavy atom. The number of nitrogens with one attached hydrogen (secondary N) is 1. The van der Waals surface area contributed by atoms with E-state index in [4.69, 9.17) is 14.5 Å². The van der Waals surface area contributed by atoms with Gasteiger partial charge in [0, 0.05) is 17.8 Å². The van der Waals surface area contributed by atoms with Crippen molar-refractivity contribution >= 4 is 17.4 Å². The molecule has 2 aliphatic heterocycles. The Morgan fingerprint density at radius 1 is 1.24 bits per heavy atom. The van der Waals surface area contributed by atoms with Crippen LogP contribution in [0, 0.1) is 0 Å². The Labute approximate surface area is 187 Å². The van der Waals surface area contributed by atoms with E-state index in [9.17, 15) is 18.0 Å². The van der Waals surface area contributed by atoms with Crippen LogP contribution in [0.15, 0.2) is 30.6 Å². The number of carbonyl (C=O) groups is 1. The summed E-state index contributed by atoms with van der Waals surface area (Å²) in [7, 11) is 0. The van der Waals surface area contributed by atoms with E-state index in [-0.39, 0.29) is 28.4 Å². The van der Waals surface area contributed by atoms with Gasteiger partial charge < -0.3 is 14.8 Å². The van der Waals surface area contributed by atoms with E-state index in [1.54, 1.807) is 4.40 Å². The quantitative estimate of drug-likeness (QED) is 0.597. The zero-order valence-electron chi connectivity index (χ0n) is 18.1. The van der Waals surface area contributed by atoms with Crippen LogP contribution in [0.2, 0.25) is 0 Å². The summed E-state index contributed by atoms with van der Waals surface area (Å²) in [4.78, 5) is 25.3. The highest BCUT2D eigenvalue weighted by atomic mass is 19.4. The molecule has 0 atom stereocenters. The number of hydrogen-bond donors (Lipinski definition) is 1. The number of amides is 1. The molecule has 3 aliphatic rings. The molecule has 0 unspecified atom stereocenters. The Morgan fingerprint density at radius 2 is 2.03 bits per heavy atom. The number of anilines is 1. The Bertz CT molecular complexity index is 1230. The molecular weight excluding hydrogens is 439 g/mol. The second-order valence-electron chi connectivity index (χ2n) is 8.87. The minimum Gasteiger partial charge on any atom is -0.475 e. The third-order valence-corrected chi connectivity index (χ3v) is 6.03. The lowest BCUT2D eigenvalue weighted by Crippen LogP contribution is -2.45. The fourth-order valence-electron chi connectivity index (χ4n) is 4.62. The van der Waals surface area contributed by atoms with Crippen molar-refractivity contribution < 1.29 is 27.4 Å². The fraction of sp³-hybridized carbons (Fsp3) is 0.455. The highest BCUT2D eigenvalue weighted by Gasteiger charge is 2.61. The normalized spacial score (nSPS) is 24.0. The molecule has 2 saturated heterocycles. The molecule has 3 aromatic rings. The molecule has 8 nitrogen and oxygen atoms in total. The molecule has 11 heteroatoms. The van der Waals surface area contributed by atoms with Crippen LogP contribution in [0.5, 0.6) is 5.88 Å². The van der Waals surface area contributed by atoms with Gasteiger partial charge in [-0.05, 0) is 38.3 Å². The SMILES string of the molecule is CCCOc1nc(C(=O)Nc2cccc(C(F)(F)F)n2)cn2cc(C34COC(C)(C3)C4)nc12. The van der Waals surface area contributed by atoms with Gasteiger partial charge in [-0.25, -0.2) is 15.0 Å². The number of halogens is 3. The Hall–Kier alpha value is -3.21. The second kappa shape index (κ2) is 7.41. The maximum atomic E-state index is 12.9. The minimum atomic E-state index is -4.62. The first-order valence-electron chi connectivity index (χ1n) is 10.6. The molecule has 5 heterocycles. The minimum absolute atomic E-state index is 0.0321. The van der Waals surface area contributed by atoms with Crippen molar-refractivity contribution in [2.24, 2.45) is 0 Å². The summed E-state index contributed by atoms with van der Waals surface area (Å²) in [5, 5.41) is 2.38. The van der Waals surface area contributed by atoms with Gasteiger partial charge in [-0.3, -0.25) is 9.20 Å². The predicted molar refractivity (Wildman–Crippen MR) is 111 cm³/mol. The van der Waals surface area contributed by atoms with Crippen LogP contribution >= 0.6 is 0 Å². The Balaban J connectivity index is 1.47. The third kappa shape index (κ3) is 3.79. The van der Waals surface area contributed by atoms with Crippen LogP contribution < -0.4 is 10.1 Å². The highest BCUT2D eigenvalue weighted by molar-refractivity contribution is 6.02. The number of carbonyl (C=O) groups excluding carboxylic acids is 1. The van der Waals surface area contributed by atoms with Gasteiger partial charge in [0.1, 0.15) is 17.2 Å². The summed E-state index contributed by atoms with van der Waals surface area (Å²) in [5.74, 6) is -0.751. The molecule has 2 bridgehead atoms. The maximum Gasteiger partial charge on any atom is 0.433 e. The van der Waals surface area contributed by atoms with Gasteiger partial charge in [-0.2, -0.15) is 13.2 Å². The number of imidazole rings is 1. The smallest absolute Gasteiger partial charge is 0.433 e. The molecule has 174 valence electrons. The van der Waals surface area contributed by atoms with Crippen LogP contribution in [-0.4, -0.2) is 44.1 Å². The molecule has 1 amide bonds. The number of nitrogens with zero attached hydrogens (tertiary/aromatic N) is 4. The van der Waals surface area contributed by atoms with E-state index in [0.717, 1.165) is 31.0 Å².